The molecule has 7 rings (SSSR count). The monoisotopic (exact) mass is 396 g/mol. The number of nitrogens with zero attached hydrogens (tertiary/aromatic N) is 2. The first-order chi connectivity index (χ1) is 15.4. The van der Waals surface area contributed by atoms with Crippen LogP contribution in [0.15, 0.2) is 102 Å². The second-order valence-electron chi connectivity index (χ2n) is 7.85. The average molecular weight is 396 g/mol. The van der Waals surface area contributed by atoms with E-state index in [1.165, 1.54) is 0 Å². The van der Waals surface area contributed by atoms with Gasteiger partial charge in [0.1, 0.15) is 11.2 Å². The van der Waals surface area contributed by atoms with E-state index >= 15 is 0 Å². The summed E-state index contributed by atoms with van der Waals surface area (Å²) in [6, 6.07) is 31.3. The molecule has 0 aliphatic rings. The van der Waals surface area contributed by atoms with E-state index in [2.05, 4.69) is 77.8 Å². The molecule has 0 aliphatic heterocycles. The molecule has 3 heterocycles. The van der Waals surface area contributed by atoms with Crippen LogP contribution in [0.2, 0.25) is 0 Å². The second kappa shape index (κ2) is 6.13. The molecule has 3 heteroatoms. The Morgan fingerprint density at radius 1 is 0.581 bits per heavy atom. The highest BCUT2D eigenvalue weighted by Crippen LogP contribution is 2.39. The molecule has 0 aliphatic carbocycles. The van der Waals surface area contributed by atoms with E-state index < -0.39 is 0 Å². The summed E-state index contributed by atoms with van der Waals surface area (Å²) in [7, 11) is 0. The van der Waals surface area contributed by atoms with Crippen molar-refractivity contribution in [2.75, 3.05) is 0 Å². The van der Waals surface area contributed by atoms with Crippen LogP contribution in [-0.2, 0) is 0 Å². The van der Waals surface area contributed by atoms with Crippen molar-refractivity contribution in [1.29, 1.82) is 0 Å². The number of furan rings is 1. The minimum Gasteiger partial charge on any atom is -0.455 e. The van der Waals surface area contributed by atoms with Crippen LogP contribution in [0, 0.1) is 0 Å². The fourth-order valence-corrected chi connectivity index (χ4v) is 4.63. The van der Waals surface area contributed by atoms with E-state index in [0.29, 0.717) is 0 Å². The Kier molecular flexibility index (Phi) is 3.27. The van der Waals surface area contributed by atoms with Crippen LogP contribution in [0.1, 0.15) is 0 Å². The molecule has 0 N–H and O–H groups in total. The van der Waals surface area contributed by atoms with Gasteiger partial charge in [0.25, 0.3) is 0 Å². The van der Waals surface area contributed by atoms with E-state index in [4.69, 9.17) is 9.40 Å². The molecule has 0 atom stereocenters. The molecule has 0 spiro atoms. The standard InChI is InChI=1S/C28H16N2O/c1-2-9-21-19(7-1)22(16-23-20-8-3-4-10-25(20)31-28(21)23)24-14-13-18-12-11-17-6-5-15-29-26(17)27(18)30-24/h1-16H. The zero-order chi connectivity index (χ0) is 20.4. The summed E-state index contributed by atoms with van der Waals surface area (Å²) < 4.78 is 6.25. The Labute approximate surface area is 177 Å². The van der Waals surface area contributed by atoms with Gasteiger partial charge in [0, 0.05) is 38.7 Å². The highest BCUT2D eigenvalue weighted by Gasteiger charge is 2.15. The van der Waals surface area contributed by atoms with E-state index in [1.807, 2.05) is 24.4 Å². The summed E-state index contributed by atoms with van der Waals surface area (Å²) >= 11 is 0. The minimum atomic E-state index is 0.904. The van der Waals surface area contributed by atoms with Gasteiger partial charge in [-0.15, -0.1) is 0 Å². The summed E-state index contributed by atoms with van der Waals surface area (Å²) in [6.07, 6.45) is 1.83. The summed E-state index contributed by atoms with van der Waals surface area (Å²) in [5, 5.41) is 6.66. The zero-order valence-corrected chi connectivity index (χ0v) is 16.5. The normalized spacial score (nSPS) is 11.9. The van der Waals surface area contributed by atoms with Gasteiger partial charge in [-0.1, -0.05) is 66.7 Å². The van der Waals surface area contributed by atoms with Crippen LogP contribution in [0.25, 0.3) is 65.8 Å². The first-order valence-corrected chi connectivity index (χ1v) is 10.3. The average Bonchev–Trinajstić information content (AvgIpc) is 3.22. The minimum absolute atomic E-state index is 0.904. The quantitative estimate of drug-likeness (QED) is 0.270. The molecule has 0 saturated heterocycles. The lowest BCUT2D eigenvalue weighted by Gasteiger charge is -2.09. The Hall–Kier alpha value is -4.24. The third-order valence-corrected chi connectivity index (χ3v) is 6.09. The fraction of sp³-hybridized carbons (Fsp3) is 0. The number of aromatic nitrogens is 2. The van der Waals surface area contributed by atoms with Gasteiger partial charge in [-0.25, -0.2) is 4.98 Å². The first kappa shape index (κ1) is 16.5. The molecule has 3 aromatic heterocycles. The van der Waals surface area contributed by atoms with Gasteiger partial charge in [-0.2, -0.15) is 0 Å². The van der Waals surface area contributed by atoms with Crippen molar-refractivity contribution in [3.8, 4) is 11.3 Å². The first-order valence-electron chi connectivity index (χ1n) is 10.3. The number of hydrogen-bond acceptors (Lipinski definition) is 3. The molecule has 0 bridgehead atoms. The SMILES string of the molecule is c1cnc2c(c1)ccc1ccc(-c3cc4c5ccccc5oc4c4ccccc34)nc12. The molecule has 0 fully saturated rings. The van der Waals surface area contributed by atoms with Crippen molar-refractivity contribution < 1.29 is 4.42 Å². The van der Waals surface area contributed by atoms with Crippen LogP contribution >= 0.6 is 0 Å². The lowest BCUT2D eigenvalue weighted by molar-refractivity contribution is 0.672. The molecule has 7 aromatic rings. The third-order valence-electron chi connectivity index (χ3n) is 6.09. The van der Waals surface area contributed by atoms with Crippen LogP contribution < -0.4 is 0 Å². The maximum absolute atomic E-state index is 6.25. The number of hydrogen-bond donors (Lipinski definition) is 0. The highest BCUT2D eigenvalue weighted by molar-refractivity contribution is 6.19. The summed E-state index contributed by atoms with van der Waals surface area (Å²) in [6.45, 7) is 0. The maximum atomic E-state index is 6.25. The van der Waals surface area contributed by atoms with Crippen LogP contribution in [0.5, 0.6) is 0 Å². The Bertz CT molecular complexity index is 1800. The molecule has 144 valence electrons. The fourth-order valence-electron chi connectivity index (χ4n) is 4.63. The zero-order valence-electron chi connectivity index (χ0n) is 16.5. The second-order valence-corrected chi connectivity index (χ2v) is 7.85. The third kappa shape index (κ3) is 2.34. The highest BCUT2D eigenvalue weighted by atomic mass is 16.3. The summed E-state index contributed by atoms with van der Waals surface area (Å²) in [5.74, 6) is 0. The molecule has 4 aromatic carbocycles. The van der Waals surface area contributed by atoms with Gasteiger partial charge in [-0.3, -0.25) is 4.98 Å². The van der Waals surface area contributed by atoms with Gasteiger partial charge >= 0.3 is 0 Å². The molecule has 0 radical (unpaired) electrons. The topological polar surface area (TPSA) is 38.9 Å². The van der Waals surface area contributed by atoms with E-state index in [9.17, 15) is 0 Å². The van der Waals surface area contributed by atoms with Crippen LogP contribution in [0.4, 0.5) is 0 Å². The van der Waals surface area contributed by atoms with Crippen molar-refractivity contribution in [2.24, 2.45) is 0 Å². The van der Waals surface area contributed by atoms with E-state index in [-0.39, 0.29) is 0 Å². The van der Waals surface area contributed by atoms with Crippen molar-refractivity contribution >= 4 is 54.5 Å². The smallest absolute Gasteiger partial charge is 0.143 e. The van der Waals surface area contributed by atoms with Crippen molar-refractivity contribution in [3.05, 3.63) is 97.2 Å². The molecule has 31 heavy (non-hydrogen) atoms. The number of pyridine rings is 2. The van der Waals surface area contributed by atoms with Crippen molar-refractivity contribution in [1.82, 2.24) is 9.97 Å². The number of rotatable bonds is 1. The van der Waals surface area contributed by atoms with Gasteiger partial charge in [0.15, 0.2) is 0 Å². The number of benzene rings is 4. The lowest BCUT2D eigenvalue weighted by atomic mass is 9.97. The van der Waals surface area contributed by atoms with Crippen LogP contribution in [-0.4, -0.2) is 9.97 Å². The molecule has 0 amide bonds. The van der Waals surface area contributed by atoms with Gasteiger partial charge in [0.2, 0.25) is 0 Å². The molecular weight excluding hydrogens is 380 g/mol. The largest absolute Gasteiger partial charge is 0.455 e. The van der Waals surface area contributed by atoms with Gasteiger partial charge in [-0.05, 0) is 29.7 Å². The van der Waals surface area contributed by atoms with E-state index in [1.54, 1.807) is 0 Å². The molecule has 0 unspecified atom stereocenters. The number of para-hydroxylation sites is 1. The lowest BCUT2D eigenvalue weighted by Crippen LogP contribution is -1.90. The van der Waals surface area contributed by atoms with Crippen molar-refractivity contribution in [2.45, 2.75) is 0 Å². The maximum Gasteiger partial charge on any atom is 0.143 e. The predicted octanol–water partition coefficient (Wildman–Crippen LogP) is 7.50. The summed E-state index contributed by atoms with van der Waals surface area (Å²) in [4.78, 5) is 9.71. The Balaban J connectivity index is 1.62. The Morgan fingerprint density at radius 3 is 2.23 bits per heavy atom. The predicted molar refractivity (Wildman–Crippen MR) is 127 cm³/mol. The van der Waals surface area contributed by atoms with Crippen LogP contribution in [0.3, 0.4) is 0 Å². The van der Waals surface area contributed by atoms with E-state index in [0.717, 1.165) is 65.8 Å². The van der Waals surface area contributed by atoms with Crippen molar-refractivity contribution in [3.63, 3.8) is 0 Å². The summed E-state index contributed by atoms with van der Waals surface area (Å²) in [5.41, 5.74) is 5.73. The molecule has 3 nitrogen and oxygen atoms in total. The Morgan fingerprint density at radius 2 is 1.32 bits per heavy atom. The molecule has 0 saturated carbocycles. The van der Waals surface area contributed by atoms with Gasteiger partial charge < -0.3 is 4.42 Å². The molecular formula is C28H16N2O. The van der Waals surface area contributed by atoms with Gasteiger partial charge in [0.05, 0.1) is 16.7 Å². The number of fused-ring (bicyclic) bond motifs is 8.